The van der Waals surface area contributed by atoms with Gasteiger partial charge >= 0.3 is 0 Å². The lowest BCUT2D eigenvalue weighted by Crippen LogP contribution is -2.44. The topological polar surface area (TPSA) is 64.3 Å². The van der Waals surface area contributed by atoms with Gasteiger partial charge in [-0.3, -0.25) is 4.79 Å². The molecule has 0 aliphatic heterocycles. The molecule has 3 N–H and O–H groups in total. The molecular weight excluding hydrogens is 223 g/mol. The minimum atomic E-state index is -0.689. The molecule has 0 saturated carbocycles. The Morgan fingerprint density at radius 2 is 2.24 bits per heavy atom. The molecule has 4 nitrogen and oxygen atoms in total. The van der Waals surface area contributed by atoms with E-state index in [1.807, 2.05) is 0 Å². The van der Waals surface area contributed by atoms with E-state index in [1.165, 1.54) is 18.2 Å². The summed E-state index contributed by atoms with van der Waals surface area (Å²) >= 11 is 0. The van der Waals surface area contributed by atoms with Gasteiger partial charge in [-0.15, -0.1) is 0 Å². The molecule has 1 rings (SSSR count). The number of carbonyl (C=O) groups is 1. The molecule has 94 valence electrons. The maximum absolute atomic E-state index is 12.9. The van der Waals surface area contributed by atoms with Gasteiger partial charge in [0.15, 0.2) is 6.10 Å². The van der Waals surface area contributed by atoms with E-state index in [-0.39, 0.29) is 11.9 Å². The average Bonchev–Trinajstić information content (AvgIpc) is 2.28. The van der Waals surface area contributed by atoms with Gasteiger partial charge in [-0.25, -0.2) is 4.39 Å². The largest absolute Gasteiger partial charge is 0.481 e. The molecular formula is C12H17FN2O2. The molecule has 0 aromatic heterocycles. The van der Waals surface area contributed by atoms with Crippen LogP contribution in [0.1, 0.15) is 13.8 Å². The highest BCUT2D eigenvalue weighted by atomic mass is 19.1. The molecule has 1 amide bonds. The van der Waals surface area contributed by atoms with Crippen molar-refractivity contribution < 1.29 is 13.9 Å². The Balaban J connectivity index is 2.54. The molecule has 0 bridgehead atoms. The first kappa shape index (κ1) is 13.4. The van der Waals surface area contributed by atoms with E-state index in [9.17, 15) is 9.18 Å². The van der Waals surface area contributed by atoms with Crippen LogP contribution in [0.3, 0.4) is 0 Å². The predicted molar refractivity (Wildman–Crippen MR) is 63.1 cm³/mol. The Hall–Kier alpha value is -1.62. The van der Waals surface area contributed by atoms with Gasteiger partial charge in [0.25, 0.3) is 5.91 Å². The van der Waals surface area contributed by atoms with E-state index in [4.69, 9.17) is 10.5 Å². The molecule has 2 atom stereocenters. The van der Waals surface area contributed by atoms with Gasteiger partial charge in [0.2, 0.25) is 0 Å². The molecule has 0 aliphatic carbocycles. The monoisotopic (exact) mass is 240 g/mol. The van der Waals surface area contributed by atoms with Crippen molar-refractivity contribution in [2.75, 3.05) is 6.54 Å². The Labute approximate surface area is 100.0 Å². The smallest absolute Gasteiger partial charge is 0.261 e. The Morgan fingerprint density at radius 1 is 1.53 bits per heavy atom. The Morgan fingerprint density at radius 3 is 2.82 bits per heavy atom. The van der Waals surface area contributed by atoms with Crippen LogP contribution in [0.15, 0.2) is 24.3 Å². The summed E-state index contributed by atoms with van der Waals surface area (Å²) in [7, 11) is 0. The zero-order chi connectivity index (χ0) is 12.8. The summed E-state index contributed by atoms with van der Waals surface area (Å²) < 4.78 is 18.2. The van der Waals surface area contributed by atoms with Crippen LogP contribution in [0.2, 0.25) is 0 Å². The first-order valence-corrected chi connectivity index (χ1v) is 5.45. The SMILES string of the molecule is CC(Oc1cccc(F)c1)C(=O)N[C@@H](C)CN. The summed E-state index contributed by atoms with van der Waals surface area (Å²) in [4.78, 5) is 11.6. The van der Waals surface area contributed by atoms with E-state index < -0.39 is 11.9 Å². The van der Waals surface area contributed by atoms with Gasteiger partial charge in [0.1, 0.15) is 11.6 Å². The lowest BCUT2D eigenvalue weighted by molar-refractivity contribution is -0.127. The zero-order valence-corrected chi connectivity index (χ0v) is 9.94. The van der Waals surface area contributed by atoms with Gasteiger partial charge in [-0.05, 0) is 26.0 Å². The number of rotatable bonds is 5. The summed E-state index contributed by atoms with van der Waals surface area (Å²) in [5.41, 5.74) is 5.39. The summed E-state index contributed by atoms with van der Waals surface area (Å²) in [6, 6.07) is 5.56. The number of hydrogen-bond acceptors (Lipinski definition) is 3. The van der Waals surface area contributed by atoms with Crippen molar-refractivity contribution in [1.82, 2.24) is 5.32 Å². The molecule has 17 heavy (non-hydrogen) atoms. The molecule has 0 aliphatic rings. The van der Waals surface area contributed by atoms with Gasteiger partial charge in [0.05, 0.1) is 0 Å². The fourth-order valence-corrected chi connectivity index (χ4v) is 1.22. The normalized spacial score (nSPS) is 13.9. The number of nitrogens with one attached hydrogen (secondary N) is 1. The van der Waals surface area contributed by atoms with E-state index in [2.05, 4.69) is 5.32 Å². The van der Waals surface area contributed by atoms with Gasteiger partial charge in [-0.1, -0.05) is 6.07 Å². The lowest BCUT2D eigenvalue weighted by Gasteiger charge is -2.17. The molecule has 5 heteroatoms. The van der Waals surface area contributed by atoms with Gasteiger partial charge in [-0.2, -0.15) is 0 Å². The third-order valence-corrected chi connectivity index (χ3v) is 2.22. The fraction of sp³-hybridized carbons (Fsp3) is 0.417. The lowest BCUT2D eigenvalue weighted by atomic mass is 10.3. The average molecular weight is 240 g/mol. The highest BCUT2D eigenvalue weighted by Gasteiger charge is 2.16. The predicted octanol–water partition coefficient (Wildman–Crippen LogP) is 1.06. The summed E-state index contributed by atoms with van der Waals surface area (Å²) in [6.07, 6.45) is -0.689. The number of benzene rings is 1. The van der Waals surface area contributed by atoms with Crippen LogP contribution in [-0.2, 0) is 4.79 Å². The molecule has 1 unspecified atom stereocenters. The van der Waals surface area contributed by atoms with Crippen molar-refractivity contribution in [3.05, 3.63) is 30.1 Å². The number of carbonyl (C=O) groups excluding carboxylic acids is 1. The van der Waals surface area contributed by atoms with E-state index in [0.29, 0.717) is 12.3 Å². The highest BCUT2D eigenvalue weighted by Crippen LogP contribution is 2.13. The molecule has 0 radical (unpaired) electrons. The maximum Gasteiger partial charge on any atom is 0.261 e. The van der Waals surface area contributed by atoms with Gasteiger partial charge in [0, 0.05) is 18.7 Å². The van der Waals surface area contributed by atoms with Crippen LogP contribution in [0, 0.1) is 5.82 Å². The van der Waals surface area contributed by atoms with Crippen molar-refractivity contribution in [3.8, 4) is 5.75 Å². The first-order valence-electron chi connectivity index (χ1n) is 5.45. The Kier molecular flexibility index (Phi) is 4.90. The number of ether oxygens (including phenoxy) is 1. The third-order valence-electron chi connectivity index (χ3n) is 2.22. The van der Waals surface area contributed by atoms with E-state index in [0.717, 1.165) is 0 Å². The number of amides is 1. The van der Waals surface area contributed by atoms with Crippen molar-refractivity contribution >= 4 is 5.91 Å². The second kappa shape index (κ2) is 6.20. The van der Waals surface area contributed by atoms with Crippen LogP contribution in [-0.4, -0.2) is 24.6 Å². The van der Waals surface area contributed by atoms with Crippen LogP contribution >= 0.6 is 0 Å². The van der Waals surface area contributed by atoms with Crippen LogP contribution in [0.4, 0.5) is 4.39 Å². The number of halogens is 1. The van der Waals surface area contributed by atoms with Crippen molar-refractivity contribution in [2.24, 2.45) is 5.73 Å². The molecule has 0 saturated heterocycles. The van der Waals surface area contributed by atoms with Crippen LogP contribution < -0.4 is 15.8 Å². The van der Waals surface area contributed by atoms with Crippen molar-refractivity contribution in [2.45, 2.75) is 26.0 Å². The highest BCUT2D eigenvalue weighted by molar-refractivity contribution is 5.80. The standard InChI is InChI=1S/C12H17FN2O2/c1-8(7-14)15-12(16)9(2)17-11-5-3-4-10(13)6-11/h3-6,8-9H,7,14H2,1-2H3,(H,15,16)/t8-,9?/m0/s1. The van der Waals surface area contributed by atoms with Crippen molar-refractivity contribution in [3.63, 3.8) is 0 Å². The number of nitrogens with two attached hydrogens (primary N) is 1. The van der Waals surface area contributed by atoms with Crippen LogP contribution in [0.25, 0.3) is 0 Å². The quantitative estimate of drug-likeness (QED) is 0.808. The molecule has 0 heterocycles. The second-order valence-electron chi connectivity index (χ2n) is 3.86. The minimum absolute atomic E-state index is 0.110. The minimum Gasteiger partial charge on any atom is -0.481 e. The van der Waals surface area contributed by atoms with Gasteiger partial charge < -0.3 is 15.8 Å². The fourth-order valence-electron chi connectivity index (χ4n) is 1.22. The van der Waals surface area contributed by atoms with Crippen LogP contribution in [0.5, 0.6) is 5.75 Å². The summed E-state index contributed by atoms with van der Waals surface area (Å²) in [5, 5.41) is 2.68. The third kappa shape index (κ3) is 4.40. The summed E-state index contributed by atoms with van der Waals surface area (Å²) in [5.74, 6) is -0.342. The van der Waals surface area contributed by atoms with Crippen molar-refractivity contribution in [1.29, 1.82) is 0 Å². The number of hydrogen-bond donors (Lipinski definition) is 2. The van der Waals surface area contributed by atoms with E-state index >= 15 is 0 Å². The second-order valence-corrected chi connectivity index (χ2v) is 3.86. The molecule has 0 spiro atoms. The zero-order valence-electron chi connectivity index (χ0n) is 9.94. The first-order chi connectivity index (χ1) is 8.02. The molecule has 0 fully saturated rings. The molecule has 1 aromatic rings. The Bertz CT molecular complexity index is 385. The van der Waals surface area contributed by atoms with E-state index in [1.54, 1.807) is 19.9 Å². The molecule has 1 aromatic carbocycles. The maximum atomic E-state index is 12.9. The summed E-state index contributed by atoms with van der Waals surface area (Å²) in [6.45, 7) is 3.76.